The van der Waals surface area contributed by atoms with Gasteiger partial charge in [-0.1, -0.05) is 12.8 Å². The van der Waals surface area contributed by atoms with Gasteiger partial charge in [-0.05, 0) is 46.8 Å². The van der Waals surface area contributed by atoms with Crippen LogP contribution in [0.2, 0.25) is 0 Å². The first-order valence-electron chi connectivity index (χ1n) is 6.58. The molecule has 0 saturated carbocycles. The summed E-state index contributed by atoms with van der Waals surface area (Å²) in [4.78, 5) is 16.1. The number of anilines is 1. The van der Waals surface area contributed by atoms with E-state index in [1.54, 1.807) is 12.3 Å². The van der Waals surface area contributed by atoms with Crippen molar-refractivity contribution in [3.8, 4) is 0 Å². The van der Waals surface area contributed by atoms with E-state index in [4.69, 9.17) is 5.84 Å². The highest BCUT2D eigenvalue weighted by atomic mass is 79.9. The Morgan fingerprint density at radius 2 is 2.15 bits per heavy atom. The van der Waals surface area contributed by atoms with Crippen LogP contribution in [0, 0.1) is 0 Å². The molecule has 7 heteroatoms. The van der Waals surface area contributed by atoms with Crippen molar-refractivity contribution >= 4 is 39.4 Å². The molecule has 112 valence electrons. The largest absolute Gasteiger partial charge is 0.352 e. The van der Waals surface area contributed by atoms with E-state index in [9.17, 15) is 4.79 Å². The minimum atomic E-state index is -0.157. The second-order valence-corrected chi connectivity index (χ2v) is 6.26. The van der Waals surface area contributed by atoms with Crippen LogP contribution in [0.25, 0.3) is 0 Å². The highest BCUT2D eigenvalue weighted by Gasteiger charge is 2.12. The molecule has 1 rings (SSSR count). The molecule has 1 amide bonds. The van der Waals surface area contributed by atoms with E-state index in [1.807, 2.05) is 11.8 Å². The van der Waals surface area contributed by atoms with E-state index in [2.05, 4.69) is 37.9 Å². The van der Waals surface area contributed by atoms with Crippen LogP contribution in [-0.2, 0) is 0 Å². The third-order valence-corrected chi connectivity index (χ3v) is 3.93. The number of carbonyl (C=O) groups excluding carboxylic acids is 1. The number of nitrogens with two attached hydrogens (primary N) is 1. The fourth-order valence-corrected chi connectivity index (χ4v) is 2.57. The molecule has 1 aromatic rings. The van der Waals surface area contributed by atoms with Crippen molar-refractivity contribution in [3.05, 3.63) is 22.3 Å². The lowest BCUT2D eigenvalue weighted by atomic mass is 10.2. The first-order valence-corrected chi connectivity index (χ1v) is 8.77. The minimum absolute atomic E-state index is 0.157. The summed E-state index contributed by atoms with van der Waals surface area (Å²) in [5.74, 6) is 6.79. The summed E-state index contributed by atoms with van der Waals surface area (Å²) in [5, 5.41) is 2.89. The predicted octanol–water partition coefficient (Wildman–Crippen LogP) is 2.78. The average Bonchev–Trinajstić information content (AvgIpc) is 2.46. The van der Waals surface area contributed by atoms with Crippen LogP contribution in [0.5, 0.6) is 0 Å². The summed E-state index contributed by atoms with van der Waals surface area (Å²) >= 11 is 5.17. The fraction of sp³-hybridized carbons (Fsp3) is 0.538. The van der Waals surface area contributed by atoms with Crippen molar-refractivity contribution in [1.82, 2.24) is 10.3 Å². The Kier molecular flexibility index (Phi) is 8.64. The third kappa shape index (κ3) is 6.11. The van der Waals surface area contributed by atoms with E-state index in [1.165, 1.54) is 18.6 Å². The average molecular weight is 361 g/mol. The number of unbranched alkanes of at least 4 members (excludes halogenated alkanes) is 3. The van der Waals surface area contributed by atoms with Crippen LogP contribution >= 0.6 is 27.7 Å². The number of halogens is 1. The van der Waals surface area contributed by atoms with Gasteiger partial charge in [0.25, 0.3) is 5.91 Å². The molecule has 5 nitrogen and oxygen atoms in total. The number of pyridine rings is 1. The lowest BCUT2D eigenvalue weighted by Gasteiger charge is -2.09. The number of hydrogen-bond donors (Lipinski definition) is 3. The molecule has 0 aliphatic carbocycles. The number of aromatic nitrogens is 1. The number of hydrogen-bond acceptors (Lipinski definition) is 5. The smallest absolute Gasteiger partial charge is 0.255 e. The van der Waals surface area contributed by atoms with Crippen LogP contribution < -0.4 is 16.6 Å². The van der Waals surface area contributed by atoms with Crippen molar-refractivity contribution in [2.45, 2.75) is 25.7 Å². The molecular weight excluding hydrogens is 340 g/mol. The molecule has 0 fully saturated rings. The Hall–Kier alpha value is -0.790. The van der Waals surface area contributed by atoms with E-state index in [0.717, 1.165) is 17.3 Å². The van der Waals surface area contributed by atoms with Crippen molar-refractivity contribution in [1.29, 1.82) is 0 Å². The summed E-state index contributed by atoms with van der Waals surface area (Å²) in [5.41, 5.74) is 2.88. The standard InChI is InChI=1S/C13H21BrN4OS/c1-20-7-5-3-2-4-6-16-13(19)11-8-10(14)9-17-12(11)18-15/h8-9H,2-7,15H2,1H3,(H,16,19)(H,17,18). The van der Waals surface area contributed by atoms with Crippen LogP contribution in [-0.4, -0.2) is 29.4 Å². The molecule has 0 spiro atoms. The summed E-state index contributed by atoms with van der Waals surface area (Å²) in [6.45, 7) is 0.675. The van der Waals surface area contributed by atoms with Gasteiger partial charge >= 0.3 is 0 Å². The van der Waals surface area contributed by atoms with Crippen molar-refractivity contribution < 1.29 is 4.79 Å². The second-order valence-electron chi connectivity index (χ2n) is 4.36. The van der Waals surface area contributed by atoms with Gasteiger partial charge in [0.2, 0.25) is 0 Å². The number of amides is 1. The molecule has 1 heterocycles. The molecule has 0 radical (unpaired) electrons. The molecule has 1 aromatic heterocycles. The summed E-state index contributed by atoms with van der Waals surface area (Å²) in [6, 6.07) is 1.70. The van der Waals surface area contributed by atoms with Crippen molar-refractivity contribution in [2.75, 3.05) is 24.0 Å². The minimum Gasteiger partial charge on any atom is -0.352 e. The van der Waals surface area contributed by atoms with E-state index in [0.29, 0.717) is 17.9 Å². The first kappa shape index (κ1) is 17.3. The number of rotatable bonds is 9. The Balaban J connectivity index is 2.34. The zero-order valence-electron chi connectivity index (χ0n) is 11.6. The molecule has 4 N–H and O–H groups in total. The maximum Gasteiger partial charge on any atom is 0.255 e. The Labute approximate surface area is 132 Å². The number of nitrogens with zero attached hydrogens (tertiary/aromatic N) is 1. The Bertz CT molecular complexity index is 431. The van der Waals surface area contributed by atoms with Gasteiger partial charge in [-0.25, -0.2) is 10.8 Å². The lowest BCUT2D eigenvalue weighted by molar-refractivity contribution is 0.0953. The van der Waals surface area contributed by atoms with Crippen LogP contribution in [0.1, 0.15) is 36.0 Å². The highest BCUT2D eigenvalue weighted by molar-refractivity contribution is 9.10. The van der Waals surface area contributed by atoms with Crippen LogP contribution in [0.3, 0.4) is 0 Å². The molecule has 0 atom stereocenters. The summed E-state index contributed by atoms with van der Waals surface area (Å²) < 4.78 is 0.749. The Morgan fingerprint density at radius 1 is 1.40 bits per heavy atom. The normalized spacial score (nSPS) is 10.3. The van der Waals surface area contributed by atoms with Gasteiger partial charge in [0.15, 0.2) is 5.82 Å². The number of nitrogens with one attached hydrogen (secondary N) is 2. The van der Waals surface area contributed by atoms with E-state index >= 15 is 0 Å². The van der Waals surface area contributed by atoms with E-state index < -0.39 is 0 Å². The third-order valence-electron chi connectivity index (χ3n) is 2.80. The maximum atomic E-state index is 12.0. The van der Waals surface area contributed by atoms with Crippen molar-refractivity contribution in [3.63, 3.8) is 0 Å². The van der Waals surface area contributed by atoms with Gasteiger partial charge < -0.3 is 10.7 Å². The number of thioether (sulfide) groups is 1. The highest BCUT2D eigenvalue weighted by Crippen LogP contribution is 2.17. The quantitative estimate of drug-likeness (QED) is 0.358. The molecular formula is C13H21BrN4OS. The van der Waals surface area contributed by atoms with Crippen LogP contribution in [0.4, 0.5) is 5.82 Å². The zero-order chi connectivity index (χ0) is 14.8. The topological polar surface area (TPSA) is 80.0 Å². The molecule has 0 unspecified atom stereocenters. The second kappa shape index (κ2) is 10.0. The number of carbonyl (C=O) groups is 1. The van der Waals surface area contributed by atoms with E-state index in [-0.39, 0.29) is 5.91 Å². The van der Waals surface area contributed by atoms with Gasteiger partial charge in [-0.15, -0.1) is 0 Å². The van der Waals surface area contributed by atoms with Gasteiger partial charge in [0.05, 0.1) is 5.56 Å². The predicted molar refractivity (Wildman–Crippen MR) is 88.9 cm³/mol. The van der Waals surface area contributed by atoms with Gasteiger partial charge in [-0.3, -0.25) is 4.79 Å². The number of hydrazine groups is 1. The number of nitrogen functional groups attached to an aromatic ring is 1. The van der Waals surface area contributed by atoms with Gasteiger partial charge in [0, 0.05) is 17.2 Å². The lowest BCUT2D eigenvalue weighted by Crippen LogP contribution is -2.26. The van der Waals surface area contributed by atoms with Crippen LogP contribution in [0.15, 0.2) is 16.7 Å². The monoisotopic (exact) mass is 360 g/mol. The molecule has 20 heavy (non-hydrogen) atoms. The van der Waals surface area contributed by atoms with Gasteiger partial charge in [0.1, 0.15) is 0 Å². The maximum absolute atomic E-state index is 12.0. The van der Waals surface area contributed by atoms with Gasteiger partial charge in [-0.2, -0.15) is 11.8 Å². The van der Waals surface area contributed by atoms with Crippen molar-refractivity contribution in [2.24, 2.45) is 5.84 Å². The zero-order valence-corrected chi connectivity index (χ0v) is 14.0. The molecule has 0 aliphatic rings. The fourth-order valence-electron chi connectivity index (χ4n) is 1.75. The molecule has 0 saturated heterocycles. The molecule has 0 aliphatic heterocycles. The first-order chi connectivity index (χ1) is 9.69. The molecule has 0 bridgehead atoms. The summed E-state index contributed by atoms with van der Waals surface area (Å²) in [6.07, 6.45) is 8.30. The Morgan fingerprint density at radius 3 is 2.85 bits per heavy atom. The SMILES string of the molecule is CSCCCCCCNC(=O)c1cc(Br)cnc1NN. The molecule has 0 aromatic carbocycles. The summed E-state index contributed by atoms with van der Waals surface area (Å²) in [7, 11) is 0.